The van der Waals surface area contributed by atoms with Gasteiger partial charge >= 0.3 is 0 Å². The first-order chi connectivity index (χ1) is 12.5. The highest BCUT2D eigenvalue weighted by atomic mass is 32.2. The Bertz CT molecular complexity index is 798. The third-order valence-electron chi connectivity index (χ3n) is 4.82. The Morgan fingerprint density at radius 1 is 1.23 bits per heavy atom. The van der Waals surface area contributed by atoms with E-state index in [1.54, 1.807) is 24.3 Å². The van der Waals surface area contributed by atoms with E-state index in [0.29, 0.717) is 17.8 Å². The molecule has 2 N–H and O–H groups in total. The maximum absolute atomic E-state index is 11.8. The Balaban J connectivity index is 1.56. The predicted molar refractivity (Wildman–Crippen MR) is 111 cm³/mol. The lowest BCUT2D eigenvalue weighted by atomic mass is 10.0. The molecule has 1 unspecified atom stereocenters. The molecule has 1 atom stereocenters. The van der Waals surface area contributed by atoms with Crippen LogP contribution in [0.2, 0.25) is 0 Å². The van der Waals surface area contributed by atoms with E-state index in [1.165, 1.54) is 4.88 Å². The van der Waals surface area contributed by atoms with Crippen molar-refractivity contribution < 1.29 is 8.42 Å². The number of piperidine rings is 1. The van der Waals surface area contributed by atoms with Crippen LogP contribution in [0.3, 0.4) is 0 Å². The summed E-state index contributed by atoms with van der Waals surface area (Å²) in [6.07, 6.45) is 2.17. The second-order valence-corrected chi connectivity index (χ2v) is 9.71. The van der Waals surface area contributed by atoms with Crippen molar-refractivity contribution >= 4 is 32.7 Å². The van der Waals surface area contributed by atoms with Gasteiger partial charge in [0.05, 0.1) is 11.4 Å². The zero-order valence-electron chi connectivity index (χ0n) is 15.3. The van der Waals surface area contributed by atoms with Crippen molar-refractivity contribution in [3.05, 3.63) is 46.7 Å². The average Bonchev–Trinajstić information content (AvgIpc) is 3.17. The molecule has 0 aliphatic carbocycles. The number of rotatable bonds is 7. The average molecular weight is 394 g/mol. The van der Waals surface area contributed by atoms with Gasteiger partial charge < -0.3 is 10.2 Å². The van der Waals surface area contributed by atoms with Gasteiger partial charge in [-0.3, -0.25) is 4.72 Å². The first-order valence-corrected chi connectivity index (χ1v) is 11.6. The summed E-state index contributed by atoms with van der Waals surface area (Å²) in [4.78, 5) is 3.71. The first kappa shape index (κ1) is 19.2. The number of hydrogen-bond acceptors (Lipinski definition) is 5. The van der Waals surface area contributed by atoms with Gasteiger partial charge in [-0.1, -0.05) is 12.1 Å². The zero-order valence-corrected chi connectivity index (χ0v) is 16.9. The van der Waals surface area contributed by atoms with Gasteiger partial charge in [0, 0.05) is 35.7 Å². The van der Waals surface area contributed by atoms with Crippen LogP contribution in [0, 0.1) is 0 Å². The van der Waals surface area contributed by atoms with E-state index < -0.39 is 10.0 Å². The number of anilines is 2. The summed E-state index contributed by atoms with van der Waals surface area (Å²) >= 11 is 1.80. The fourth-order valence-corrected chi connectivity index (χ4v) is 4.67. The van der Waals surface area contributed by atoms with E-state index in [0.717, 1.165) is 31.6 Å². The predicted octanol–water partition coefficient (Wildman–Crippen LogP) is 3.83. The molecule has 142 valence electrons. The molecule has 3 rings (SSSR count). The molecule has 0 spiro atoms. The Labute approximate surface area is 160 Å². The molecule has 1 aliphatic heterocycles. The van der Waals surface area contributed by atoms with Gasteiger partial charge in [0.25, 0.3) is 0 Å². The van der Waals surface area contributed by atoms with Gasteiger partial charge in [-0.2, -0.15) is 0 Å². The van der Waals surface area contributed by atoms with Crippen LogP contribution >= 0.6 is 11.3 Å². The molecule has 0 radical (unpaired) electrons. The largest absolute Gasteiger partial charge is 0.371 e. The Morgan fingerprint density at radius 2 is 2.00 bits per heavy atom. The van der Waals surface area contributed by atoms with Crippen molar-refractivity contribution in [3.8, 4) is 0 Å². The van der Waals surface area contributed by atoms with Gasteiger partial charge in [0.2, 0.25) is 10.0 Å². The monoisotopic (exact) mass is 393 g/mol. The third-order valence-corrected chi connectivity index (χ3v) is 7.18. The molecule has 1 fully saturated rings. The smallest absolute Gasteiger partial charge is 0.232 e. The fraction of sp³-hybridized carbons (Fsp3) is 0.474. The van der Waals surface area contributed by atoms with Gasteiger partial charge in [-0.25, -0.2) is 8.42 Å². The van der Waals surface area contributed by atoms with E-state index in [2.05, 4.69) is 39.4 Å². The summed E-state index contributed by atoms with van der Waals surface area (Å²) in [5.74, 6) is 0.0801. The molecule has 2 aromatic rings. The fourth-order valence-electron chi connectivity index (χ4n) is 3.30. The molecule has 2 heterocycles. The lowest BCUT2D eigenvalue weighted by molar-refractivity contribution is 0.383. The lowest BCUT2D eigenvalue weighted by Crippen LogP contribution is -2.43. The molecule has 0 amide bonds. The Morgan fingerprint density at radius 3 is 2.65 bits per heavy atom. The SMILES string of the molecule is CCS(=O)(=O)Nc1cccc(N2CCC(NC(C)c3cccs3)CC2)c1. The maximum Gasteiger partial charge on any atom is 0.232 e. The van der Waals surface area contributed by atoms with Crippen LogP contribution in [0.15, 0.2) is 41.8 Å². The van der Waals surface area contributed by atoms with Crippen LogP contribution in [0.5, 0.6) is 0 Å². The van der Waals surface area contributed by atoms with E-state index in [-0.39, 0.29) is 5.75 Å². The number of benzene rings is 1. The molecule has 1 aromatic carbocycles. The highest BCUT2D eigenvalue weighted by Crippen LogP contribution is 2.25. The molecule has 7 heteroatoms. The summed E-state index contributed by atoms with van der Waals surface area (Å²) in [5, 5.41) is 5.86. The maximum atomic E-state index is 11.8. The van der Waals surface area contributed by atoms with E-state index in [1.807, 2.05) is 18.2 Å². The van der Waals surface area contributed by atoms with E-state index >= 15 is 0 Å². The van der Waals surface area contributed by atoms with Crippen LogP contribution in [-0.4, -0.2) is 33.3 Å². The van der Waals surface area contributed by atoms with E-state index in [9.17, 15) is 8.42 Å². The van der Waals surface area contributed by atoms with Crippen molar-refractivity contribution in [3.63, 3.8) is 0 Å². The van der Waals surface area contributed by atoms with E-state index in [4.69, 9.17) is 0 Å². The minimum atomic E-state index is -3.24. The molecular weight excluding hydrogens is 366 g/mol. The van der Waals surface area contributed by atoms with Crippen LogP contribution < -0.4 is 14.9 Å². The van der Waals surface area contributed by atoms with Crippen LogP contribution in [0.4, 0.5) is 11.4 Å². The van der Waals surface area contributed by atoms with Gasteiger partial charge in [-0.15, -0.1) is 11.3 Å². The highest BCUT2D eigenvalue weighted by Gasteiger charge is 2.21. The highest BCUT2D eigenvalue weighted by molar-refractivity contribution is 7.92. The number of sulfonamides is 1. The second kappa shape index (κ2) is 8.41. The topological polar surface area (TPSA) is 61.4 Å². The summed E-state index contributed by atoms with van der Waals surface area (Å²) in [5.41, 5.74) is 1.71. The van der Waals surface area contributed by atoms with Crippen molar-refractivity contribution in [2.75, 3.05) is 28.5 Å². The molecule has 1 aliphatic rings. The molecular formula is C19H27N3O2S2. The van der Waals surface area contributed by atoms with Crippen molar-refractivity contribution in [2.24, 2.45) is 0 Å². The van der Waals surface area contributed by atoms with Crippen molar-refractivity contribution in [1.82, 2.24) is 5.32 Å². The molecule has 0 bridgehead atoms. The molecule has 0 saturated carbocycles. The molecule has 5 nitrogen and oxygen atoms in total. The second-order valence-electron chi connectivity index (χ2n) is 6.72. The lowest BCUT2D eigenvalue weighted by Gasteiger charge is -2.35. The normalized spacial score (nSPS) is 17.2. The summed E-state index contributed by atoms with van der Waals surface area (Å²) in [6, 6.07) is 12.9. The molecule has 1 aromatic heterocycles. The quantitative estimate of drug-likeness (QED) is 0.750. The van der Waals surface area contributed by atoms with Crippen molar-refractivity contribution in [1.29, 1.82) is 0 Å². The number of thiophene rings is 1. The first-order valence-electron chi connectivity index (χ1n) is 9.12. The van der Waals surface area contributed by atoms with Crippen molar-refractivity contribution in [2.45, 2.75) is 38.8 Å². The Hall–Kier alpha value is -1.57. The van der Waals surface area contributed by atoms with Crippen LogP contribution in [-0.2, 0) is 10.0 Å². The van der Waals surface area contributed by atoms with Gasteiger partial charge in [-0.05, 0) is 56.3 Å². The Kier molecular flexibility index (Phi) is 6.21. The third kappa shape index (κ3) is 4.99. The molecule has 1 saturated heterocycles. The minimum Gasteiger partial charge on any atom is -0.371 e. The number of nitrogens with one attached hydrogen (secondary N) is 2. The van der Waals surface area contributed by atoms with Gasteiger partial charge in [0.1, 0.15) is 0 Å². The number of nitrogens with zero attached hydrogens (tertiary/aromatic N) is 1. The zero-order chi connectivity index (χ0) is 18.6. The van der Waals surface area contributed by atoms with Crippen LogP contribution in [0.1, 0.15) is 37.6 Å². The van der Waals surface area contributed by atoms with Gasteiger partial charge in [0.15, 0.2) is 0 Å². The number of hydrogen-bond donors (Lipinski definition) is 2. The minimum absolute atomic E-state index is 0.0801. The standard InChI is InChI=1S/C19H27N3O2S2/c1-3-26(23,24)21-17-6-4-7-18(14-17)22-11-9-16(10-12-22)20-15(2)19-8-5-13-25-19/h4-8,13-16,20-21H,3,9-12H2,1-2H3. The van der Waals surface area contributed by atoms with Crippen LogP contribution in [0.25, 0.3) is 0 Å². The molecule has 26 heavy (non-hydrogen) atoms. The summed E-state index contributed by atoms with van der Waals surface area (Å²) in [7, 11) is -3.24. The summed E-state index contributed by atoms with van der Waals surface area (Å²) < 4.78 is 26.2. The summed E-state index contributed by atoms with van der Waals surface area (Å²) in [6.45, 7) is 5.81.